The minimum absolute atomic E-state index is 0.144. The standard InChI is InChI=1S/C24H24N4O2/c29-23(26-21-4-2-1-3-5-21)27-22-11-8-19(16-25-22)18-6-9-20(10-7-18)24-12-13-28(17-24)14-15-30-24/h1-11,16H,12-15,17H2,(H2,25,26,27,29). The van der Waals surface area contributed by atoms with Gasteiger partial charge in [0.05, 0.1) is 6.61 Å². The quantitative estimate of drug-likeness (QED) is 0.684. The molecule has 0 aliphatic carbocycles. The van der Waals surface area contributed by atoms with Crippen molar-refractivity contribution in [3.8, 4) is 11.1 Å². The molecule has 2 amide bonds. The Kier molecular flexibility index (Phi) is 4.94. The topological polar surface area (TPSA) is 66.5 Å². The number of amides is 2. The smallest absolute Gasteiger partial charge is 0.324 e. The first-order chi connectivity index (χ1) is 14.7. The lowest BCUT2D eigenvalue weighted by molar-refractivity contribution is -0.0728. The third kappa shape index (κ3) is 3.79. The third-order valence-electron chi connectivity index (χ3n) is 5.88. The first-order valence-electron chi connectivity index (χ1n) is 10.3. The number of aromatic nitrogens is 1. The number of carbonyl (C=O) groups is 1. The average Bonchev–Trinajstić information content (AvgIpc) is 3.09. The normalized spacial score (nSPS) is 22.5. The molecule has 5 rings (SSSR count). The minimum atomic E-state index is -0.317. The summed E-state index contributed by atoms with van der Waals surface area (Å²) in [5, 5.41) is 5.54. The zero-order valence-electron chi connectivity index (χ0n) is 16.7. The Morgan fingerprint density at radius 2 is 1.73 bits per heavy atom. The van der Waals surface area contributed by atoms with Crippen molar-refractivity contribution in [2.24, 2.45) is 0 Å². The molecule has 0 spiro atoms. The summed E-state index contributed by atoms with van der Waals surface area (Å²) in [6, 6.07) is 21.4. The average molecular weight is 400 g/mol. The molecule has 2 atom stereocenters. The van der Waals surface area contributed by atoms with E-state index in [1.54, 1.807) is 6.20 Å². The van der Waals surface area contributed by atoms with Gasteiger partial charge in [-0.25, -0.2) is 9.78 Å². The molecule has 2 aromatic carbocycles. The number of nitrogens with zero attached hydrogens (tertiary/aromatic N) is 2. The number of para-hydroxylation sites is 1. The second-order valence-electron chi connectivity index (χ2n) is 7.82. The molecular weight excluding hydrogens is 376 g/mol. The molecule has 0 saturated carbocycles. The van der Waals surface area contributed by atoms with E-state index in [0.717, 1.165) is 49.5 Å². The van der Waals surface area contributed by atoms with Gasteiger partial charge in [-0.1, -0.05) is 42.5 Å². The second-order valence-corrected chi connectivity index (χ2v) is 7.82. The van der Waals surface area contributed by atoms with Crippen molar-refractivity contribution in [1.82, 2.24) is 9.88 Å². The molecule has 2 aliphatic heterocycles. The lowest BCUT2D eigenvalue weighted by Crippen LogP contribution is -2.41. The maximum Gasteiger partial charge on any atom is 0.324 e. The lowest BCUT2D eigenvalue weighted by Gasteiger charge is -2.34. The summed E-state index contributed by atoms with van der Waals surface area (Å²) in [4.78, 5) is 19.0. The lowest BCUT2D eigenvalue weighted by atomic mass is 9.91. The Balaban J connectivity index is 1.25. The summed E-state index contributed by atoms with van der Waals surface area (Å²) < 4.78 is 6.18. The summed E-state index contributed by atoms with van der Waals surface area (Å²) in [6.45, 7) is 3.94. The SMILES string of the molecule is O=C(Nc1ccccc1)Nc1ccc(-c2ccc(C34CCN(CCO3)C4)cc2)cn1. The molecule has 30 heavy (non-hydrogen) atoms. The maximum absolute atomic E-state index is 12.1. The van der Waals surface area contributed by atoms with E-state index in [2.05, 4.69) is 44.8 Å². The van der Waals surface area contributed by atoms with Gasteiger partial charge in [0.1, 0.15) is 11.4 Å². The molecule has 3 aromatic rings. The number of pyridine rings is 1. The summed E-state index contributed by atoms with van der Waals surface area (Å²) in [7, 11) is 0. The fraction of sp³-hybridized carbons (Fsp3) is 0.250. The molecule has 6 heteroatoms. The summed E-state index contributed by atoms with van der Waals surface area (Å²) in [5.74, 6) is 0.504. The van der Waals surface area contributed by atoms with Crippen molar-refractivity contribution >= 4 is 17.5 Å². The highest BCUT2D eigenvalue weighted by Crippen LogP contribution is 2.39. The number of anilines is 2. The van der Waals surface area contributed by atoms with Crippen molar-refractivity contribution in [2.45, 2.75) is 12.0 Å². The van der Waals surface area contributed by atoms with Gasteiger partial charge in [-0.15, -0.1) is 0 Å². The molecule has 2 saturated heterocycles. The highest BCUT2D eigenvalue weighted by Gasteiger charge is 2.43. The van der Waals surface area contributed by atoms with Crippen LogP contribution < -0.4 is 10.6 Å². The van der Waals surface area contributed by atoms with Crippen LogP contribution in [0, 0.1) is 0 Å². The van der Waals surface area contributed by atoms with Gasteiger partial charge in [0, 0.05) is 37.1 Å². The minimum Gasteiger partial charge on any atom is -0.368 e. The number of ether oxygens (including phenoxy) is 1. The number of hydrogen-bond donors (Lipinski definition) is 2. The van der Waals surface area contributed by atoms with E-state index in [9.17, 15) is 4.79 Å². The van der Waals surface area contributed by atoms with E-state index in [1.807, 2.05) is 42.5 Å². The molecule has 1 aromatic heterocycles. The van der Waals surface area contributed by atoms with Crippen LogP contribution in [0.2, 0.25) is 0 Å². The Morgan fingerprint density at radius 3 is 2.50 bits per heavy atom. The third-order valence-corrected chi connectivity index (χ3v) is 5.88. The first-order valence-corrected chi connectivity index (χ1v) is 10.3. The zero-order chi connectivity index (χ0) is 20.4. The van der Waals surface area contributed by atoms with Gasteiger partial charge in [-0.3, -0.25) is 10.2 Å². The van der Waals surface area contributed by atoms with Crippen LogP contribution in [0.4, 0.5) is 16.3 Å². The monoisotopic (exact) mass is 400 g/mol. The second kappa shape index (κ2) is 7.89. The van der Waals surface area contributed by atoms with Crippen molar-refractivity contribution < 1.29 is 9.53 Å². The van der Waals surface area contributed by atoms with Crippen LogP contribution in [0.3, 0.4) is 0 Å². The molecular formula is C24H24N4O2. The highest BCUT2D eigenvalue weighted by atomic mass is 16.5. The largest absolute Gasteiger partial charge is 0.368 e. The number of morpholine rings is 1. The van der Waals surface area contributed by atoms with Crippen LogP contribution >= 0.6 is 0 Å². The molecule has 6 nitrogen and oxygen atoms in total. The number of rotatable bonds is 4. The number of benzene rings is 2. The van der Waals surface area contributed by atoms with Gasteiger partial charge in [0.2, 0.25) is 0 Å². The molecule has 2 bridgehead atoms. The van der Waals surface area contributed by atoms with E-state index < -0.39 is 0 Å². The van der Waals surface area contributed by atoms with Crippen LogP contribution in [-0.4, -0.2) is 42.2 Å². The number of carbonyl (C=O) groups excluding carboxylic acids is 1. The predicted octanol–water partition coefficient (Wildman–Crippen LogP) is 4.32. The van der Waals surface area contributed by atoms with Gasteiger partial charge in [-0.2, -0.15) is 0 Å². The Bertz CT molecular complexity index is 1020. The Morgan fingerprint density at radius 1 is 0.933 bits per heavy atom. The molecule has 0 radical (unpaired) electrons. The van der Waals surface area contributed by atoms with Crippen LogP contribution in [0.5, 0.6) is 0 Å². The predicted molar refractivity (Wildman–Crippen MR) is 117 cm³/mol. The molecule has 152 valence electrons. The van der Waals surface area contributed by atoms with Gasteiger partial charge >= 0.3 is 6.03 Å². The Hall–Kier alpha value is -3.22. The fourth-order valence-electron chi connectivity index (χ4n) is 4.26. The van der Waals surface area contributed by atoms with Gasteiger partial charge < -0.3 is 10.1 Å². The number of urea groups is 1. The van der Waals surface area contributed by atoms with Crippen LogP contribution in [0.25, 0.3) is 11.1 Å². The molecule has 3 heterocycles. The zero-order valence-corrected chi connectivity index (χ0v) is 16.7. The fourth-order valence-corrected chi connectivity index (χ4v) is 4.26. The summed E-state index contributed by atoms with van der Waals surface area (Å²) in [6.07, 6.45) is 2.83. The first kappa shape index (κ1) is 18.8. The molecule has 2 aliphatic rings. The van der Waals surface area contributed by atoms with Crippen LogP contribution in [0.15, 0.2) is 72.9 Å². The van der Waals surface area contributed by atoms with E-state index in [4.69, 9.17) is 4.74 Å². The van der Waals surface area contributed by atoms with E-state index in [-0.39, 0.29) is 11.6 Å². The van der Waals surface area contributed by atoms with Gasteiger partial charge in [0.25, 0.3) is 0 Å². The van der Waals surface area contributed by atoms with E-state index in [1.165, 1.54) is 5.56 Å². The number of fused-ring (bicyclic) bond motifs is 2. The van der Waals surface area contributed by atoms with Crippen LogP contribution in [-0.2, 0) is 10.3 Å². The van der Waals surface area contributed by atoms with Crippen molar-refractivity contribution in [2.75, 3.05) is 36.9 Å². The Labute approximate surface area is 175 Å². The van der Waals surface area contributed by atoms with Gasteiger partial charge in [-0.05, 0) is 41.8 Å². The summed E-state index contributed by atoms with van der Waals surface area (Å²) >= 11 is 0. The number of hydrogen-bond acceptors (Lipinski definition) is 4. The summed E-state index contributed by atoms with van der Waals surface area (Å²) in [5.41, 5.74) is 3.93. The van der Waals surface area contributed by atoms with Crippen LogP contribution in [0.1, 0.15) is 12.0 Å². The maximum atomic E-state index is 12.1. The van der Waals surface area contributed by atoms with Gasteiger partial charge in [0.15, 0.2) is 0 Å². The van der Waals surface area contributed by atoms with Crippen molar-refractivity contribution in [3.05, 3.63) is 78.5 Å². The van der Waals surface area contributed by atoms with E-state index in [0.29, 0.717) is 5.82 Å². The van der Waals surface area contributed by atoms with Crippen molar-refractivity contribution in [1.29, 1.82) is 0 Å². The highest BCUT2D eigenvalue weighted by molar-refractivity contribution is 5.99. The molecule has 2 unspecified atom stereocenters. The number of nitrogens with one attached hydrogen (secondary N) is 2. The van der Waals surface area contributed by atoms with Crippen molar-refractivity contribution in [3.63, 3.8) is 0 Å². The molecule has 2 fully saturated rings. The molecule has 2 N–H and O–H groups in total. The van der Waals surface area contributed by atoms with E-state index >= 15 is 0 Å².